The maximum Gasteiger partial charge on any atom is 0.383 e. The first-order valence-corrected chi connectivity index (χ1v) is 8.95. The summed E-state index contributed by atoms with van der Waals surface area (Å²) in [6.45, 7) is 1.31. The van der Waals surface area contributed by atoms with Crippen LogP contribution in [0, 0.1) is 6.92 Å². The van der Waals surface area contributed by atoms with E-state index in [9.17, 15) is 30.7 Å². The predicted molar refractivity (Wildman–Crippen MR) is 94.9 cm³/mol. The zero-order valence-corrected chi connectivity index (χ0v) is 15.0. The van der Waals surface area contributed by atoms with Crippen molar-refractivity contribution >= 4 is 27.7 Å². The fraction of sp³-hybridized carbons (Fsp3) is 0.200. The number of hydrogen-bond donors (Lipinski definition) is 0. The van der Waals surface area contributed by atoms with E-state index in [1.54, 1.807) is 30.3 Å². The summed E-state index contributed by atoms with van der Waals surface area (Å²) >= 11 is 0.948. The van der Waals surface area contributed by atoms with Gasteiger partial charge < -0.3 is 0 Å². The van der Waals surface area contributed by atoms with E-state index in [1.165, 1.54) is 6.92 Å². The Morgan fingerprint density at radius 2 is 1.43 bits per heavy atom. The molecule has 0 fully saturated rings. The second-order valence-electron chi connectivity index (χ2n) is 6.52. The van der Waals surface area contributed by atoms with Crippen LogP contribution in [-0.2, 0) is 0 Å². The Morgan fingerprint density at radius 3 is 2.07 bits per heavy atom. The first-order chi connectivity index (χ1) is 13.0. The second-order valence-corrected chi connectivity index (χ2v) is 7.78. The van der Waals surface area contributed by atoms with Crippen LogP contribution in [0.5, 0.6) is 0 Å². The molecule has 8 heteroatoms. The molecule has 1 heterocycles. The van der Waals surface area contributed by atoms with Crippen LogP contribution in [0.15, 0.2) is 54.4 Å². The third kappa shape index (κ3) is 2.30. The van der Waals surface area contributed by atoms with Crippen LogP contribution in [0.1, 0.15) is 10.4 Å². The number of hydrogen-bond acceptors (Lipinski definition) is 1. The lowest BCUT2D eigenvalue weighted by Gasteiger charge is -2.24. The summed E-state index contributed by atoms with van der Waals surface area (Å²) in [6.07, 6.45) is 0. The molecule has 0 nitrogen and oxygen atoms in total. The summed E-state index contributed by atoms with van der Waals surface area (Å²) < 4.78 is 96.6. The topological polar surface area (TPSA) is 0 Å². The number of fused-ring (bicyclic) bond motifs is 1. The fourth-order valence-electron chi connectivity index (χ4n) is 3.38. The highest BCUT2D eigenvalue weighted by Crippen LogP contribution is 2.63. The molecule has 0 bridgehead atoms. The van der Waals surface area contributed by atoms with E-state index in [1.807, 2.05) is 12.1 Å². The SMILES string of the molecule is Cc1sc(-c2cccc3ccccc23)cc1C1=C(F)C(F)(F)C(F)(F)C1(F)F. The van der Waals surface area contributed by atoms with E-state index >= 15 is 0 Å². The first kappa shape index (κ1) is 19.0. The Morgan fingerprint density at radius 1 is 0.786 bits per heavy atom. The lowest BCUT2D eigenvalue weighted by atomic mass is 9.99. The van der Waals surface area contributed by atoms with Gasteiger partial charge in [0.1, 0.15) is 0 Å². The van der Waals surface area contributed by atoms with Crippen molar-refractivity contribution in [1.29, 1.82) is 0 Å². The number of aryl methyl sites for hydroxylation is 1. The molecular weight excluding hydrogens is 405 g/mol. The maximum absolute atomic E-state index is 14.1. The number of alkyl halides is 6. The van der Waals surface area contributed by atoms with E-state index < -0.39 is 34.7 Å². The van der Waals surface area contributed by atoms with Crippen molar-refractivity contribution in [2.45, 2.75) is 24.7 Å². The molecule has 4 rings (SSSR count). The van der Waals surface area contributed by atoms with Gasteiger partial charge in [-0.1, -0.05) is 42.5 Å². The molecule has 1 aromatic heterocycles. The van der Waals surface area contributed by atoms with Crippen LogP contribution in [0.2, 0.25) is 0 Å². The average molecular weight is 416 g/mol. The highest BCUT2D eigenvalue weighted by Gasteiger charge is 2.81. The molecule has 0 spiro atoms. The van der Waals surface area contributed by atoms with Crippen LogP contribution in [0.4, 0.5) is 30.7 Å². The Hall–Kier alpha value is -2.35. The molecule has 28 heavy (non-hydrogen) atoms. The number of halogens is 7. The predicted octanol–water partition coefficient (Wildman–Crippen LogP) is 7.48. The molecule has 0 saturated carbocycles. The minimum Gasteiger partial charge on any atom is -0.204 e. The lowest BCUT2D eigenvalue weighted by Crippen LogP contribution is -2.48. The van der Waals surface area contributed by atoms with Crippen LogP contribution in [0.3, 0.4) is 0 Å². The molecule has 0 amide bonds. The summed E-state index contributed by atoms with van der Waals surface area (Å²) in [5.41, 5.74) is -1.96. The van der Waals surface area contributed by atoms with Crippen molar-refractivity contribution in [1.82, 2.24) is 0 Å². The van der Waals surface area contributed by atoms with Gasteiger partial charge in [0.15, 0.2) is 5.83 Å². The van der Waals surface area contributed by atoms with Crippen molar-refractivity contribution < 1.29 is 30.7 Å². The largest absolute Gasteiger partial charge is 0.383 e. The first-order valence-electron chi connectivity index (χ1n) is 8.13. The molecule has 0 aliphatic heterocycles. The second kappa shape index (κ2) is 5.83. The van der Waals surface area contributed by atoms with E-state index in [4.69, 9.17) is 0 Å². The van der Waals surface area contributed by atoms with Crippen LogP contribution in [0.25, 0.3) is 26.8 Å². The molecule has 0 atom stereocenters. The molecule has 146 valence electrons. The van der Waals surface area contributed by atoms with E-state index in [0.29, 0.717) is 10.4 Å². The Balaban J connectivity index is 1.93. The highest BCUT2D eigenvalue weighted by atomic mass is 32.1. The molecule has 3 aromatic rings. The Bertz CT molecular complexity index is 1120. The zero-order chi connectivity index (χ0) is 20.5. The Kier molecular flexibility index (Phi) is 3.95. The van der Waals surface area contributed by atoms with Crippen molar-refractivity contribution in [2.24, 2.45) is 0 Å². The monoisotopic (exact) mass is 416 g/mol. The minimum atomic E-state index is -5.84. The van der Waals surface area contributed by atoms with Crippen molar-refractivity contribution in [3.05, 3.63) is 64.8 Å². The van der Waals surface area contributed by atoms with Gasteiger partial charge in [-0.2, -0.15) is 26.3 Å². The molecule has 2 aromatic carbocycles. The molecule has 1 aliphatic rings. The summed E-state index contributed by atoms with van der Waals surface area (Å²) in [5.74, 6) is -19.5. The minimum absolute atomic E-state index is 0.0428. The van der Waals surface area contributed by atoms with Gasteiger partial charge in [-0.15, -0.1) is 11.3 Å². The number of rotatable bonds is 2. The zero-order valence-electron chi connectivity index (χ0n) is 14.2. The van der Waals surface area contributed by atoms with Gasteiger partial charge in [0.25, 0.3) is 0 Å². The van der Waals surface area contributed by atoms with Crippen LogP contribution >= 0.6 is 11.3 Å². The number of thiophene rings is 1. The fourth-order valence-corrected chi connectivity index (χ4v) is 4.44. The molecular formula is C20H11F7S. The van der Waals surface area contributed by atoms with Crippen molar-refractivity contribution in [2.75, 3.05) is 0 Å². The van der Waals surface area contributed by atoms with E-state index in [0.717, 1.165) is 28.2 Å². The third-order valence-electron chi connectivity index (χ3n) is 4.84. The van der Waals surface area contributed by atoms with Gasteiger partial charge >= 0.3 is 17.8 Å². The molecule has 0 N–H and O–H groups in total. The maximum atomic E-state index is 14.1. The van der Waals surface area contributed by atoms with E-state index in [-0.39, 0.29) is 4.88 Å². The molecule has 1 aliphatic carbocycles. The Labute approximate surface area is 158 Å². The molecule has 0 radical (unpaired) electrons. The third-order valence-corrected chi connectivity index (χ3v) is 5.92. The number of allylic oxidation sites excluding steroid dienone is 2. The van der Waals surface area contributed by atoms with Crippen LogP contribution in [-0.4, -0.2) is 17.8 Å². The molecule has 0 unspecified atom stereocenters. The van der Waals surface area contributed by atoms with Gasteiger partial charge in [0, 0.05) is 15.3 Å². The standard InChI is InChI=1S/C20H11F7S/c1-10-14(16-17(21)19(24,25)20(26,27)18(16,22)23)9-15(28-10)13-8-4-6-11-5-2-3-7-12(11)13/h2-9H,1H3. The van der Waals surface area contributed by atoms with Crippen LogP contribution < -0.4 is 0 Å². The average Bonchev–Trinajstić information content (AvgIpc) is 3.05. The summed E-state index contributed by atoms with van der Waals surface area (Å²) in [4.78, 5) is 0.431. The highest BCUT2D eigenvalue weighted by molar-refractivity contribution is 7.15. The van der Waals surface area contributed by atoms with Gasteiger partial charge in [0.2, 0.25) is 0 Å². The smallest absolute Gasteiger partial charge is 0.204 e. The summed E-state index contributed by atoms with van der Waals surface area (Å²) in [7, 11) is 0. The quantitative estimate of drug-likeness (QED) is 0.380. The van der Waals surface area contributed by atoms with Gasteiger partial charge in [-0.3, -0.25) is 0 Å². The summed E-state index contributed by atoms with van der Waals surface area (Å²) in [5, 5.41) is 1.61. The van der Waals surface area contributed by atoms with E-state index in [2.05, 4.69) is 0 Å². The van der Waals surface area contributed by atoms with Gasteiger partial charge in [0.05, 0.1) is 5.57 Å². The van der Waals surface area contributed by atoms with Gasteiger partial charge in [-0.25, -0.2) is 4.39 Å². The normalized spacial score (nSPS) is 20.1. The van der Waals surface area contributed by atoms with Crippen molar-refractivity contribution in [3.63, 3.8) is 0 Å². The molecule has 0 saturated heterocycles. The number of benzene rings is 2. The van der Waals surface area contributed by atoms with Gasteiger partial charge in [-0.05, 0) is 29.3 Å². The van der Waals surface area contributed by atoms with Crippen molar-refractivity contribution in [3.8, 4) is 10.4 Å². The summed E-state index contributed by atoms with van der Waals surface area (Å²) in [6, 6.07) is 13.5. The lowest BCUT2D eigenvalue weighted by molar-refractivity contribution is -0.263.